The highest BCUT2D eigenvalue weighted by molar-refractivity contribution is 7.91. The Morgan fingerprint density at radius 1 is 1.61 bits per heavy atom. The third kappa shape index (κ3) is 3.67. The minimum Gasteiger partial charge on any atom is -0.303 e. The van der Waals surface area contributed by atoms with Crippen LogP contribution in [-0.4, -0.2) is 56.0 Å². The number of nitrogens with zero attached hydrogens (tertiary/aromatic N) is 2. The third-order valence-corrected chi connectivity index (χ3v) is 5.58. The molecule has 1 saturated heterocycles. The van der Waals surface area contributed by atoms with Gasteiger partial charge in [0.1, 0.15) is 5.54 Å². The Kier molecular flexibility index (Phi) is 4.76. The Morgan fingerprint density at radius 3 is 2.67 bits per heavy atom. The molecule has 104 valence electrons. The maximum atomic E-state index is 11.5. The summed E-state index contributed by atoms with van der Waals surface area (Å²) in [4.78, 5) is 2.19. The van der Waals surface area contributed by atoms with Crippen LogP contribution in [0.2, 0.25) is 0 Å². The highest BCUT2D eigenvalue weighted by atomic mass is 32.2. The molecule has 6 heteroatoms. The molecule has 3 atom stereocenters. The van der Waals surface area contributed by atoms with Crippen molar-refractivity contribution in [3.05, 3.63) is 0 Å². The summed E-state index contributed by atoms with van der Waals surface area (Å²) in [6, 6.07) is 2.49. The molecule has 0 amide bonds. The molecule has 0 aromatic heterocycles. The van der Waals surface area contributed by atoms with Crippen LogP contribution in [-0.2, 0) is 9.84 Å². The minimum absolute atomic E-state index is 0.0264. The predicted octanol–water partition coefficient (Wildman–Crippen LogP) is 0.386. The van der Waals surface area contributed by atoms with Gasteiger partial charge in [0.2, 0.25) is 0 Å². The Bertz CT molecular complexity index is 429. The van der Waals surface area contributed by atoms with Gasteiger partial charge in [0, 0.05) is 18.6 Å². The Labute approximate surface area is 110 Å². The molecule has 1 aliphatic rings. The first-order chi connectivity index (χ1) is 8.23. The first kappa shape index (κ1) is 15.4. The second-order valence-electron chi connectivity index (χ2n) is 5.45. The van der Waals surface area contributed by atoms with Crippen molar-refractivity contribution in [3.8, 4) is 6.07 Å². The van der Waals surface area contributed by atoms with Crippen LogP contribution in [0.25, 0.3) is 0 Å². The standard InChI is InChI=1S/C12H23N3O2S/c1-10(7-12(3,9-13)14-4)15-5-6-18(16,17)8-11(15)2/h10-11,14H,5-8H2,1-4H3. The second kappa shape index (κ2) is 5.55. The monoisotopic (exact) mass is 273 g/mol. The SMILES string of the molecule is CNC(C)(C#N)CC(C)N1CCS(=O)(=O)CC1C. The molecule has 18 heavy (non-hydrogen) atoms. The Balaban J connectivity index is 2.69. The van der Waals surface area contributed by atoms with Gasteiger partial charge >= 0.3 is 0 Å². The van der Waals surface area contributed by atoms with Crippen molar-refractivity contribution in [1.29, 1.82) is 5.26 Å². The first-order valence-electron chi connectivity index (χ1n) is 6.29. The smallest absolute Gasteiger partial charge is 0.153 e. The lowest BCUT2D eigenvalue weighted by atomic mass is 9.94. The molecule has 1 N–H and O–H groups in total. The normalized spacial score (nSPS) is 29.2. The molecule has 1 heterocycles. The average molecular weight is 273 g/mol. The fraction of sp³-hybridized carbons (Fsp3) is 0.917. The van der Waals surface area contributed by atoms with Crippen molar-refractivity contribution in [1.82, 2.24) is 10.2 Å². The van der Waals surface area contributed by atoms with Gasteiger partial charge in [0.25, 0.3) is 0 Å². The van der Waals surface area contributed by atoms with E-state index >= 15 is 0 Å². The summed E-state index contributed by atoms with van der Waals surface area (Å²) in [6.45, 7) is 6.43. The zero-order valence-corrected chi connectivity index (χ0v) is 12.4. The summed E-state index contributed by atoms with van der Waals surface area (Å²) in [5.41, 5.74) is -0.560. The summed E-state index contributed by atoms with van der Waals surface area (Å²) >= 11 is 0. The quantitative estimate of drug-likeness (QED) is 0.802. The van der Waals surface area contributed by atoms with E-state index in [0.717, 1.165) is 0 Å². The van der Waals surface area contributed by atoms with E-state index in [0.29, 0.717) is 13.0 Å². The van der Waals surface area contributed by atoms with Crippen LogP contribution >= 0.6 is 0 Å². The second-order valence-corrected chi connectivity index (χ2v) is 7.68. The Hall–Kier alpha value is -0.640. The molecule has 1 aliphatic heterocycles. The lowest BCUT2D eigenvalue weighted by molar-refractivity contribution is 0.144. The number of sulfone groups is 1. The van der Waals surface area contributed by atoms with Crippen LogP contribution in [0.3, 0.4) is 0 Å². The Morgan fingerprint density at radius 2 is 2.22 bits per heavy atom. The molecule has 3 unspecified atom stereocenters. The zero-order chi connectivity index (χ0) is 14.0. The molecular weight excluding hydrogens is 250 g/mol. The van der Waals surface area contributed by atoms with Gasteiger partial charge in [0.15, 0.2) is 9.84 Å². The highest BCUT2D eigenvalue weighted by Crippen LogP contribution is 2.21. The van der Waals surface area contributed by atoms with Gasteiger partial charge in [-0.2, -0.15) is 5.26 Å². The van der Waals surface area contributed by atoms with E-state index in [2.05, 4.69) is 23.2 Å². The van der Waals surface area contributed by atoms with Crippen LogP contribution in [0.15, 0.2) is 0 Å². The largest absolute Gasteiger partial charge is 0.303 e. The van der Waals surface area contributed by atoms with Crippen LogP contribution in [0, 0.1) is 11.3 Å². The van der Waals surface area contributed by atoms with Gasteiger partial charge < -0.3 is 5.32 Å². The van der Waals surface area contributed by atoms with E-state index in [1.807, 2.05) is 13.8 Å². The van der Waals surface area contributed by atoms with Gasteiger partial charge in [0.05, 0.1) is 17.6 Å². The molecule has 0 saturated carbocycles. The maximum Gasteiger partial charge on any atom is 0.153 e. The van der Waals surface area contributed by atoms with E-state index in [-0.39, 0.29) is 23.6 Å². The van der Waals surface area contributed by atoms with Crippen LogP contribution in [0.5, 0.6) is 0 Å². The van der Waals surface area contributed by atoms with Crippen LogP contribution < -0.4 is 5.32 Å². The molecule has 0 aromatic carbocycles. The van der Waals surface area contributed by atoms with Crippen molar-refractivity contribution in [2.24, 2.45) is 0 Å². The summed E-state index contributed by atoms with van der Waals surface area (Å²) in [6.07, 6.45) is 0.685. The van der Waals surface area contributed by atoms with E-state index in [4.69, 9.17) is 5.26 Å². The molecular formula is C12H23N3O2S. The summed E-state index contributed by atoms with van der Waals surface area (Å²) in [5.74, 6) is 0.449. The topological polar surface area (TPSA) is 73.2 Å². The summed E-state index contributed by atoms with van der Waals surface area (Å²) in [5, 5.41) is 12.2. The van der Waals surface area contributed by atoms with Crippen molar-refractivity contribution >= 4 is 9.84 Å². The van der Waals surface area contributed by atoms with Crippen molar-refractivity contribution < 1.29 is 8.42 Å². The third-order valence-electron chi connectivity index (χ3n) is 3.79. The lowest BCUT2D eigenvalue weighted by Gasteiger charge is -2.40. The maximum absolute atomic E-state index is 11.5. The number of hydrogen-bond acceptors (Lipinski definition) is 5. The summed E-state index contributed by atoms with van der Waals surface area (Å²) in [7, 11) is -1.10. The van der Waals surface area contributed by atoms with Crippen molar-refractivity contribution in [2.45, 2.75) is 44.8 Å². The van der Waals surface area contributed by atoms with Gasteiger partial charge in [-0.1, -0.05) is 0 Å². The van der Waals surface area contributed by atoms with E-state index in [1.54, 1.807) is 7.05 Å². The van der Waals surface area contributed by atoms with Crippen LogP contribution in [0.4, 0.5) is 0 Å². The lowest BCUT2D eigenvalue weighted by Crippen LogP contribution is -2.53. The van der Waals surface area contributed by atoms with E-state index < -0.39 is 15.4 Å². The van der Waals surface area contributed by atoms with Crippen molar-refractivity contribution in [2.75, 3.05) is 25.1 Å². The fourth-order valence-corrected chi connectivity index (χ4v) is 4.16. The minimum atomic E-state index is -2.88. The average Bonchev–Trinajstić information content (AvgIpc) is 2.27. The van der Waals surface area contributed by atoms with Crippen molar-refractivity contribution in [3.63, 3.8) is 0 Å². The summed E-state index contributed by atoms with van der Waals surface area (Å²) < 4.78 is 23.1. The zero-order valence-electron chi connectivity index (χ0n) is 11.6. The number of rotatable bonds is 4. The molecule has 0 radical (unpaired) electrons. The molecule has 1 fully saturated rings. The van der Waals surface area contributed by atoms with E-state index in [9.17, 15) is 8.42 Å². The number of nitrogens with one attached hydrogen (secondary N) is 1. The van der Waals surface area contributed by atoms with Gasteiger partial charge in [-0.3, -0.25) is 4.90 Å². The van der Waals surface area contributed by atoms with E-state index in [1.165, 1.54) is 0 Å². The van der Waals surface area contributed by atoms with Gasteiger partial charge in [-0.15, -0.1) is 0 Å². The molecule has 1 rings (SSSR count). The molecule has 5 nitrogen and oxygen atoms in total. The molecule has 0 aromatic rings. The van der Waals surface area contributed by atoms with Crippen LogP contribution in [0.1, 0.15) is 27.2 Å². The number of nitriles is 1. The first-order valence-corrected chi connectivity index (χ1v) is 8.11. The molecule has 0 bridgehead atoms. The number of hydrogen-bond donors (Lipinski definition) is 1. The predicted molar refractivity (Wildman–Crippen MR) is 72.0 cm³/mol. The highest BCUT2D eigenvalue weighted by Gasteiger charge is 2.34. The molecule has 0 aliphatic carbocycles. The fourth-order valence-electron chi connectivity index (χ4n) is 2.58. The molecule has 0 spiro atoms. The van der Waals surface area contributed by atoms with Gasteiger partial charge in [-0.25, -0.2) is 8.42 Å². The van der Waals surface area contributed by atoms with Gasteiger partial charge in [-0.05, 0) is 34.2 Å².